The van der Waals surface area contributed by atoms with Crippen molar-refractivity contribution in [2.75, 3.05) is 11.3 Å². The lowest BCUT2D eigenvalue weighted by Crippen LogP contribution is -2.36. The van der Waals surface area contributed by atoms with Gasteiger partial charge in [-0.05, 0) is 63.2 Å². The topological polar surface area (TPSA) is 84.5 Å². The molecule has 0 aliphatic heterocycles. The average molecular weight is 439 g/mol. The van der Waals surface area contributed by atoms with Crippen molar-refractivity contribution in [3.05, 3.63) is 89.5 Å². The van der Waals surface area contributed by atoms with E-state index in [9.17, 15) is 13.2 Å². The van der Waals surface area contributed by atoms with Gasteiger partial charge in [0.25, 0.3) is 15.9 Å². The molecular formula is C24H26N2O4S. The minimum atomic E-state index is -3.74. The van der Waals surface area contributed by atoms with Crippen molar-refractivity contribution >= 4 is 21.6 Å². The first-order valence-electron chi connectivity index (χ1n) is 9.93. The van der Waals surface area contributed by atoms with Crippen LogP contribution >= 0.6 is 0 Å². The van der Waals surface area contributed by atoms with E-state index in [4.69, 9.17) is 4.74 Å². The molecule has 6 nitrogen and oxygen atoms in total. The van der Waals surface area contributed by atoms with Crippen molar-refractivity contribution < 1.29 is 17.9 Å². The van der Waals surface area contributed by atoms with Gasteiger partial charge in [0.2, 0.25) is 0 Å². The Morgan fingerprint density at radius 3 is 2.19 bits per heavy atom. The Balaban J connectivity index is 1.61. The zero-order valence-corrected chi connectivity index (χ0v) is 18.6. The summed E-state index contributed by atoms with van der Waals surface area (Å²) in [4.78, 5) is 12.8. The van der Waals surface area contributed by atoms with Crippen molar-refractivity contribution in [2.45, 2.75) is 31.7 Å². The highest BCUT2D eigenvalue weighted by atomic mass is 32.2. The summed E-state index contributed by atoms with van der Waals surface area (Å²) < 4.78 is 33.4. The number of hydrogen-bond donors (Lipinski definition) is 2. The summed E-state index contributed by atoms with van der Waals surface area (Å²) in [5.74, 6) is 0.426. The molecule has 31 heavy (non-hydrogen) atoms. The maximum absolute atomic E-state index is 12.6. The zero-order chi connectivity index (χ0) is 22.4. The van der Waals surface area contributed by atoms with Crippen LogP contribution in [0.4, 0.5) is 5.69 Å². The molecule has 0 aliphatic rings. The van der Waals surface area contributed by atoms with E-state index in [2.05, 4.69) is 10.0 Å². The van der Waals surface area contributed by atoms with Gasteiger partial charge in [0.1, 0.15) is 12.4 Å². The number of nitrogens with one attached hydrogen (secondary N) is 2. The third-order valence-electron chi connectivity index (χ3n) is 4.61. The molecule has 0 fully saturated rings. The number of sulfonamides is 1. The molecule has 1 amide bonds. The Bertz CT molecular complexity index is 1140. The Labute approximate surface area is 183 Å². The van der Waals surface area contributed by atoms with Crippen LogP contribution in [0.5, 0.6) is 5.75 Å². The zero-order valence-electron chi connectivity index (χ0n) is 17.8. The summed E-state index contributed by atoms with van der Waals surface area (Å²) in [5, 5.41) is 2.86. The van der Waals surface area contributed by atoms with Gasteiger partial charge in [0.05, 0.1) is 10.9 Å². The summed E-state index contributed by atoms with van der Waals surface area (Å²) >= 11 is 0. The van der Waals surface area contributed by atoms with Crippen LogP contribution in [-0.4, -0.2) is 27.0 Å². The molecule has 0 unspecified atom stereocenters. The molecule has 0 spiro atoms. The molecular weight excluding hydrogens is 412 g/mol. The highest BCUT2D eigenvalue weighted by Crippen LogP contribution is 2.18. The van der Waals surface area contributed by atoms with E-state index in [1.165, 1.54) is 6.07 Å². The lowest BCUT2D eigenvalue weighted by Gasteiger charge is -2.16. The fourth-order valence-electron chi connectivity index (χ4n) is 2.86. The minimum Gasteiger partial charge on any atom is -0.491 e. The molecule has 0 saturated heterocycles. The van der Waals surface area contributed by atoms with E-state index in [1.807, 2.05) is 45.0 Å². The fraction of sp³-hybridized carbons (Fsp3) is 0.208. The summed E-state index contributed by atoms with van der Waals surface area (Å²) in [6.07, 6.45) is 0. The molecule has 2 N–H and O–H groups in total. The first-order valence-corrected chi connectivity index (χ1v) is 11.4. The molecule has 0 heterocycles. The van der Waals surface area contributed by atoms with E-state index < -0.39 is 10.0 Å². The van der Waals surface area contributed by atoms with Gasteiger partial charge in [-0.1, -0.05) is 41.5 Å². The molecule has 7 heteroatoms. The second-order valence-electron chi connectivity index (χ2n) is 7.50. The van der Waals surface area contributed by atoms with Crippen LogP contribution in [0.25, 0.3) is 0 Å². The summed E-state index contributed by atoms with van der Waals surface area (Å²) in [7, 11) is -3.74. The van der Waals surface area contributed by atoms with Crippen molar-refractivity contribution in [2.24, 2.45) is 0 Å². The minimum absolute atomic E-state index is 0.162. The molecule has 3 rings (SSSR count). The maximum Gasteiger partial charge on any atom is 0.261 e. The van der Waals surface area contributed by atoms with Crippen LogP contribution in [-0.2, 0) is 10.0 Å². The van der Waals surface area contributed by atoms with Crippen molar-refractivity contribution in [1.29, 1.82) is 0 Å². The number of amides is 1. The van der Waals surface area contributed by atoms with E-state index in [0.29, 0.717) is 17.9 Å². The third-order valence-corrected chi connectivity index (χ3v) is 6.00. The molecule has 162 valence electrons. The van der Waals surface area contributed by atoms with Gasteiger partial charge in [0.15, 0.2) is 0 Å². The number of hydrogen-bond acceptors (Lipinski definition) is 4. The fourth-order valence-corrected chi connectivity index (χ4v) is 3.91. The number of carbonyl (C=O) groups excluding carboxylic acids is 1. The van der Waals surface area contributed by atoms with E-state index in [-0.39, 0.29) is 16.8 Å². The molecule has 3 aromatic rings. The van der Waals surface area contributed by atoms with Crippen LogP contribution < -0.4 is 14.8 Å². The van der Waals surface area contributed by atoms with E-state index in [1.54, 1.807) is 42.5 Å². The molecule has 0 saturated carbocycles. The molecule has 0 bridgehead atoms. The number of ether oxygens (including phenoxy) is 1. The Morgan fingerprint density at radius 1 is 0.935 bits per heavy atom. The second-order valence-corrected chi connectivity index (χ2v) is 9.18. The normalized spacial score (nSPS) is 12.1. The first kappa shape index (κ1) is 22.4. The largest absolute Gasteiger partial charge is 0.491 e. The highest BCUT2D eigenvalue weighted by Gasteiger charge is 2.16. The number of aryl methyl sites for hydroxylation is 2. The predicted molar refractivity (Wildman–Crippen MR) is 122 cm³/mol. The van der Waals surface area contributed by atoms with Gasteiger partial charge in [-0.3, -0.25) is 9.52 Å². The molecule has 0 aromatic heterocycles. The lowest BCUT2D eigenvalue weighted by atomic mass is 10.2. The molecule has 0 radical (unpaired) electrons. The van der Waals surface area contributed by atoms with Crippen LogP contribution in [0, 0.1) is 13.8 Å². The monoisotopic (exact) mass is 438 g/mol. The van der Waals surface area contributed by atoms with Gasteiger partial charge in [-0.25, -0.2) is 8.42 Å². The quantitative estimate of drug-likeness (QED) is 0.549. The summed E-state index contributed by atoms with van der Waals surface area (Å²) in [5.41, 5.74) is 2.78. The lowest BCUT2D eigenvalue weighted by molar-refractivity contribution is 0.0926. The molecule has 0 aliphatic carbocycles. The van der Waals surface area contributed by atoms with Crippen LogP contribution in [0.15, 0.2) is 77.7 Å². The van der Waals surface area contributed by atoms with Gasteiger partial charge >= 0.3 is 0 Å². The highest BCUT2D eigenvalue weighted by molar-refractivity contribution is 7.92. The van der Waals surface area contributed by atoms with Gasteiger partial charge in [-0.2, -0.15) is 0 Å². The SMILES string of the molecule is Cc1ccc(OC[C@@H](C)NC(=O)c2cccc(NS(=O)(=O)c3ccc(C)cc3)c2)cc1. The van der Waals surface area contributed by atoms with Crippen molar-refractivity contribution in [3.8, 4) is 5.75 Å². The van der Waals surface area contributed by atoms with Gasteiger partial charge in [-0.15, -0.1) is 0 Å². The number of rotatable bonds is 8. The molecule has 3 aromatic carbocycles. The standard InChI is InChI=1S/C24H26N2O4S/c1-17-7-11-22(12-8-17)30-16-19(3)25-24(27)20-5-4-6-21(15-20)26-31(28,29)23-13-9-18(2)10-14-23/h4-15,19,26H,16H2,1-3H3,(H,25,27)/t19-/m1/s1. The average Bonchev–Trinajstić information content (AvgIpc) is 2.73. The second kappa shape index (κ2) is 9.66. The van der Waals surface area contributed by atoms with E-state index >= 15 is 0 Å². The Kier molecular flexibility index (Phi) is 6.97. The smallest absolute Gasteiger partial charge is 0.261 e. The van der Waals surface area contributed by atoms with Gasteiger partial charge < -0.3 is 10.1 Å². The van der Waals surface area contributed by atoms with Crippen LogP contribution in [0.2, 0.25) is 0 Å². The van der Waals surface area contributed by atoms with E-state index in [0.717, 1.165) is 16.9 Å². The number of benzene rings is 3. The predicted octanol–water partition coefficient (Wildman–Crippen LogP) is 4.30. The number of anilines is 1. The van der Waals surface area contributed by atoms with Crippen LogP contribution in [0.1, 0.15) is 28.4 Å². The Hall–Kier alpha value is -3.32. The van der Waals surface area contributed by atoms with Crippen molar-refractivity contribution in [1.82, 2.24) is 5.32 Å². The van der Waals surface area contributed by atoms with Crippen molar-refractivity contribution in [3.63, 3.8) is 0 Å². The Morgan fingerprint density at radius 2 is 1.55 bits per heavy atom. The molecule has 1 atom stereocenters. The van der Waals surface area contributed by atoms with Gasteiger partial charge in [0, 0.05) is 11.3 Å². The summed E-state index contributed by atoms with van der Waals surface area (Å²) in [6, 6.07) is 20.4. The first-order chi connectivity index (χ1) is 14.7. The summed E-state index contributed by atoms with van der Waals surface area (Å²) in [6.45, 7) is 6.05. The third kappa shape index (κ3) is 6.33. The maximum atomic E-state index is 12.6. The number of carbonyl (C=O) groups is 1. The van der Waals surface area contributed by atoms with Crippen LogP contribution in [0.3, 0.4) is 0 Å².